The highest BCUT2D eigenvalue weighted by molar-refractivity contribution is 5.90. The van der Waals surface area contributed by atoms with Crippen LogP contribution in [0.5, 0.6) is 0 Å². The summed E-state index contributed by atoms with van der Waals surface area (Å²) in [7, 11) is 0. The van der Waals surface area contributed by atoms with Crippen LogP contribution in [0.25, 0.3) is 0 Å². The maximum absolute atomic E-state index is 11.6. The molecule has 15 heavy (non-hydrogen) atoms. The first-order valence-electron chi connectivity index (χ1n) is 5.09. The van der Waals surface area contributed by atoms with Gasteiger partial charge in [0.2, 0.25) is 5.82 Å². The van der Waals surface area contributed by atoms with Gasteiger partial charge in [0.1, 0.15) is 5.82 Å². The number of hydrogen-bond acceptors (Lipinski definition) is 4. The second-order valence-electron chi connectivity index (χ2n) is 3.49. The summed E-state index contributed by atoms with van der Waals surface area (Å²) in [6.45, 7) is 3.24. The molecule has 0 radical (unpaired) electrons. The number of ether oxygens (including phenoxy) is 1. The van der Waals surface area contributed by atoms with Crippen LogP contribution < -0.4 is 5.32 Å². The van der Waals surface area contributed by atoms with Gasteiger partial charge in [-0.2, -0.15) is 0 Å². The van der Waals surface area contributed by atoms with Crippen LogP contribution in [0, 0.1) is 0 Å². The van der Waals surface area contributed by atoms with Crippen molar-refractivity contribution in [1.82, 2.24) is 20.5 Å². The molecule has 2 heterocycles. The molecule has 2 rings (SSSR count). The van der Waals surface area contributed by atoms with Crippen molar-refractivity contribution >= 4 is 5.91 Å². The van der Waals surface area contributed by atoms with E-state index in [9.17, 15) is 4.79 Å². The Hall–Kier alpha value is -1.43. The van der Waals surface area contributed by atoms with E-state index in [0.29, 0.717) is 13.2 Å². The van der Waals surface area contributed by atoms with Crippen molar-refractivity contribution in [3.63, 3.8) is 0 Å². The number of nitrogens with one attached hydrogen (secondary N) is 2. The molecule has 0 aliphatic carbocycles. The molecule has 6 heteroatoms. The first-order valence-corrected chi connectivity index (χ1v) is 5.09. The van der Waals surface area contributed by atoms with E-state index in [-0.39, 0.29) is 17.8 Å². The van der Waals surface area contributed by atoms with Gasteiger partial charge in [-0.15, -0.1) is 5.10 Å². The van der Waals surface area contributed by atoms with Crippen molar-refractivity contribution < 1.29 is 9.53 Å². The van der Waals surface area contributed by atoms with E-state index in [1.807, 2.05) is 6.92 Å². The van der Waals surface area contributed by atoms with Crippen LogP contribution in [0.15, 0.2) is 0 Å². The third-order valence-electron chi connectivity index (χ3n) is 2.33. The van der Waals surface area contributed by atoms with Gasteiger partial charge in [-0.25, -0.2) is 4.98 Å². The van der Waals surface area contributed by atoms with Crippen molar-refractivity contribution in [2.75, 3.05) is 13.2 Å². The number of hydrogen-bond donors (Lipinski definition) is 2. The predicted octanol–water partition coefficient (Wildman–Crippen LogP) is -0.114. The first-order chi connectivity index (χ1) is 7.29. The van der Waals surface area contributed by atoms with Crippen molar-refractivity contribution in [2.24, 2.45) is 0 Å². The molecular formula is C9H14N4O2. The molecule has 1 aliphatic heterocycles. The molecule has 1 atom stereocenters. The Bertz CT molecular complexity index is 344. The summed E-state index contributed by atoms with van der Waals surface area (Å²) < 4.78 is 5.16. The van der Waals surface area contributed by atoms with Gasteiger partial charge in [0, 0.05) is 13.0 Å². The van der Waals surface area contributed by atoms with E-state index >= 15 is 0 Å². The molecule has 1 saturated heterocycles. The van der Waals surface area contributed by atoms with Crippen LogP contribution in [0.1, 0.15) is 29.8 Å². The SMILES string of the molecule is CCc1nc(C(=O)NC2CCOC2)n[nH]1. The fraction of sp³-hybridized carbons (Fsp3) is 0.667. The van der Waals surface area contributed by atoms with E-state index in [4.69, 9.17) is 4.74 Å². The highest BCUT2D eigenvalue weighted by Gasteiger charge is 2.20. The number of carbonyl (C=O) groups is 1. The zero-order valence-electron chi connectivity index (χ0n) is 8.62. The minimum absolute atomic E-state index is 0.0982. The van der Waals surface area contributed by atoms with E-state index in [1.54, 1.807) is 0 Å². The zero-order valence-corrected chi connectivity index (χ0v) is 8.62. The maximum atomic E-state index is 11.6. The van der Waals surface area contributed by atoms with Gasteiger partial charge in [0.05, 0.1) is 12.6 Å². The highest BCUT2D eigenvalue weighted by atomic mass is 16.5. The third kappa shape index (κ3) is 2.33. The number of rotatable bonds is 3. The molecule has 82 valence electrons. The average Bonchev–Trinajstić information content (AvgIpc) is 2.86. The Balaban J connectivity index is 1.94. The van der Waals surface area contributed by atoms with Gasteiger partial charge in [-0.3, -0.25) is 9.89 Å². The molecule has 1 aromatic heterocycles. The summed E-state index contributed by atoms with van der Waals surface area (Å²) in [6.07, 6.45) is 1.60. The monoisotopic (exact) mass is 210 g/mol. The second kappa shape index (κ2) is 4.39. The van der Waals surface area contributed by atoms with Crippen molar-refractivity contribution in [2.45, 2.75) is 25.8 Å². The van der Waals surface area contributed by atoms with E-state index in [1.165, 1.54) is 0 Å². The van der Waals surface area contributed by atoms with Crippen LogP contribution in [0.2, 0.25) is 0 Å². The lowest BCUT2D eigenvalue weighted by Gasteiger charge is -2.07. The molecule has 1 aromatic rings. The third-order valence-corrected chi connectivity index (χ3v) is 2.33. The number of nitrogens with zero attached hydrogens (tertiary/aromatic N) is 2. The van der Waals surface area contributed by atoms with Gasteiger partial charge in [0.25, 0.3) is 5.91 Å². The van der Waals surface area contributed by atoms with Gasteiger partial charge in [-0.1, -0.05) is 6.92 Å². The smallest absolute Gasteiger partial charge is 0.291 e. The molecular weight excluding hydrogens is 196 g/mol. The number of aromatic amines is 1. The Morgan fingerprint density at radius 3 is 3.20 bits per heavy atom. The Morgan fingerprint density at radius 1 is 1.73 bits per heavy atom. The summed E-state index contributed by atoms with van der Waals surface area (Å²) in [5.41, 5.74) is 0. The van der Waals surface area contributed by atoms with Crippen molar-refractivity contribution in [1.29, 1.82) is 0 Å². The van der Waals surface area contributed by atoms with Crippen LogP contribution in [0.4, 0.5) is 0 Å². The molecule has 0 aromatic carbocycles. The Kier molecular flexibility index (Phi) is 2.96. The number of H-pyrrole nitrogens is 1. The number of aromatic nitrogens is 3. The molecule has 2 N–H and O–H groups in total. The van der Waals surface area contributed by atoms with Gasteiger partial charge in [0.15, 0.2) is 0 Å². The Labute approximate surface area is 87.4 Å². The van der Waals surface area contributed by atoms with Crippen LogP contribution >= 0.6 is 0 Å². The van der Waals surface area contributed by atoms with Crippen LogP contribution in [0.3, 0.4) is 0 Å². The minimum Gasteiger partial charge on any atom is -0.379 e. The lowest BCUT2D eigenvalue weighted by molar-refractivity contribution is 0.0920. The Morgan fingerprint density at radius 2 is 2.60 bits per heavy atom. The predicted molar refractivity (Wildman–Crippen MR) is 52.5 cm³/mol. The normalized spacial score (nSPS) is 20.5. The average molecular weight is 210 g/mol. The van der Waals surface area contributed by atoms with E-state index < -0.39 is 0 Å². The fourth-order valence-corrected chi connectivity index (χ4v) is 1.45. The minimum atomic E-state index is -0.235. The first kappa shape index (κ1) is 10.1. The molecule has 6 nitrogen and oxygen atoms in total. The lowest BCUT2D eigenvalue weighted by atomic mass is 10.2. The molecule has 0 spiro atoms. The fourth-order valence-electron chi connectivity index (χ4n) is 1.45. The highest BCUT2D eigenvalue weighted by Crippen LogP contribution is 2.04. The number of amides is 1. The summed E-state index contributed by atoms with van der Waals surface area (Å²) in [6, 6.07) is 0.0982. The summed E-state index contributed by atoms with van der Waals surface area (Å²) in [5, 5.41) is 9.37. The number of carbonyl (C=O) groups excluding carboxylic acids is 1. The zero-order chi connectivity index (χ0) is 10.7. The molecule has 1 fully saturated rings. The molecule has 1 amide bonds. The quantitative estimate of drug-likeness (QED) is 0.729. The van der Waals surface area contributed by atoms with Gasteiger partial charge in [-0.05, 0) is 6.42 Å². The van der Waals surface area contributed by atoms with Crippen molar-refractivity contribution in [3.8, 4) is 0 Å². The molecule has 1 unspecified atom stereocenters. The van der Waals surface area contributed by atoms with Gasteiger partial charge >= 0.3 is 0 Å². The molecule has 0 saturated carbocycles. The molecule has 1 aliphatic rings. The van der Waals surface area contributed by atoms with Gasteiger partial charge < -0.3 is 10.1 Å². The standard InChI is InChI=1S/C9H14N4O2/c1-2-7-11-8(13-12-7)9(14)10-6-3-4-15-5-6/h6H,2-5H2,1H3,(H,10,14)(H,11,12,13). The summed E-state index contributed by atoms with van der Waals surface area (Å²) in [4.78, 5) is 15.7. The van der Waals surface area contributed by atoms with E-state index in [2.05, 4.69) is 20.5 Å². The second-order valence-corrected chi connectivity index (χ2v) is 3.49. The van der Waals surface area contributed by atoms with E-state index in [0.717, 1.165) is 18.7 Å². The van der Waals surface area contributed by atoms with Crippen LogP contribution in [-0.4, -0.2) is 40.3 Å². The van der Waals surface area contributed by atoms with Crippen LogP contribution in [-0.2, 0) is 11.2 Å². The summed E-state index contributed by atoms with van der Waals surface area (Å²) >= 11 is 0. The maximum Gasteiger partial charge on any atom is 0.291 e. The number of aryl methyl sites for hydroxylation is 1. The largest absolute Gasteiger partial charge is 0.379 e. The molecule has 0 bridgehead atoms. The topological polar surface area (TPSA) is 79.9 Å². The van der Waals surface area contributed by atoms with Crippen molar-refractivity contribution in [3.05, 3.63) is 11.6 Å². The summed E-state index contributed by atoms with van der Waals surface area (Å²) in [5.74, 6) is 0.697. The lowest BCUT2D eigenvalue weighted by Crippen LogP contribution is -2.35.